The molecule has 0 saturated heterocycles. The van der Waals surface area contributed by atoms with Crippen LogP contribution in [0.1, 0.15) is 38.1 Å². The van der Waals surface area contributed by atoms with Gasteiger partial charge in [0.2, 0.25) is 15.9 Å². The van der Waals surface area contributed by atoms with Gasteiger partial charge in [0.1, 0.15) is 17.5 Å². The Balaban J connectivity index is 2.14. The Morgan fingerprint density at radius 1 is 1.03 bits per heavy atom. The van der Waals surface area contributed by atoms with E-state index >= 15 is 0 Å². The van der Waals surface area contributed by atoms with Gasteiger partial charge in [0.15, 0.2) is 0 Å². The molecule has 2 aromatic rings. The summed E-state index contributed by atoms with van der Waals surface area (Å²) < 4.78 is 36.8. The number of anilines is 2. The normalized spacial score (nSPS) is 12.1. The van der Waals surface area contributed by atoms with E-state index in [1.807, 2.05) is 20.8 Å². The SMILES string of the molecule is CCOc1ccc(C(=O)NC(C(=O)Nc2ccc(NS(=O)(=O)CC)c(OC)c2)C(C)C)cc1. The molecule has 0 aromatic heterocycles. The summed E-state index contributed by atoms with van der Waals surface area (Å²) in [6, 6.07) is 10.4. The molecule has 3 N–H and O–H groups in total. The number of carbonyl (C=O) groups excluding carboxylic acids is 2. The quantitative estimate of drug-likeness (QED) is 0.457. The fourth-order valence-corrected chi connectivity index (χ4v) is 3.59. The number of amides is 2. The number of benzene rings is 2. The summed E-state index contributed by atoms with van der Waals surface area (Å²) >= 11 is 0. The zero-order valence-electron chi connectivity index (χ0n) is 19.5. The third kappa shape index (κ3) is 7.38. The van der Waals surface area contributed by atoms with Gasteiger partial charge in [-0.3, -0.25) is 14.3 Å². The molecule has 1 unspecified atom stereocenters. The molecular formula is C23H31N3O6S. The van der Waals surface area contributed by atoms with E-state index in [9.17, 15) is 18.0 Å². The second-order valence-electron chi connectivity index (χ2n) is 7.56. The predicted octanol–water partition coefficient (Wildman–Crippen LogP) is 3.25. The average Bonchev–Trinajstić information content (AvgIpc) is 2.78. The van der Waals surface area contributed by atoms with E-state index in [-0.39, 0.29) is 29.0 Å². The van der Waals surface area contributed by atoms with Gasteiger partial charge in [-0.15, -0.1) is 0 Å². The van der Waals surface area contributed by atoms with Crippen molar-refractivity contribution in [1.29, 1.82) is 0 Å². The van der Waals surface area contributed by atoms with Crippen molar-refractivity contribution in [2.75, 3.05) is 29.5 Å². The molecule has 0 bridgehead atoms. The molecule has 0 aliphatic carbocycles. The lowest BCUT2D eigenvalue weighted by Gasteiger charge is -2.22. The van der Waals surface area contributed by atoms with Crippen LogP contribution in [0.2, 0.25) is 0 Å². The van der Waals surface area contributed by atoms with E-state index in [2.05, 4.69) is 15.4 Å². The van der Waals surface area contributed by atoms with Crippen LogP contribution >= 0.6 is 0 Å². The molecule has 2 amide bonds. The van der Waals surface area contributed by atoms with Gasteiger partial charge in [0.25, 0.3) is 5.91 Å². The number of rotatable bonds is 11. The number of ether oxygens (including phenoxy) is 2. The number of nitrogens with one attached hydrogen (secondary N) is 3. The van der Waals surface area contributed by atoms with Crippen LogP contribution in [0, 0.1) is 5.92 Å². The molecule has 1 atom stereocenters. The maximum Gasteiger partial charge on any atom is 0.251 e. The predicted molar refractivity (Wildman–Crippen MR) is 128 cm³/mol. The molecular weight excluding hydrogens is 446 g/mol. The van der Waals surface area contributed by atoms with Crippen molar-refractivity contribution >= 4 is 33.2 Å². The molecule has 2 aromatic carbocycles. The van der Waals surface area contributed by atoms with Gasteiger partial charge in [-0.25, -0.2) is 8.42 Å². The first-order valence-corrected chi connectivity index (χ1v) is 12.3. The molecule has 33 heavy (non-hydrogen) atoms. The topological polar surface area (TPSA) is 123 Å². The van der Waals surface area contributed by atoms with Crippen molar-refractivity contribution in [3.63, 3.8) is 0 Å². The van der Waals surface area contributed by atoms with Crippen LogP contribution in [0.25, 0.3) is 0 Å². The van der Waals surface area contributed by atoms with Crippen LogP contribution in [0.15, 0.2) is 42.5 Å². The Morgan fingerprint density at radius 2 is 1.70 bits per heavy atom. The van der Waals surface area contributed by atoms with E-state index in [4.69, 9.17) is 9.47 Å². The van der Waals surface area contributed by atoms with Crippen molar-refractivity contribution in [3.05, 3.63) is 48.0 Å². The van der Waals surface area contributed by atoms with E-state index < -0.39 is 22.0 Å². The van der Waals surface area contributed by atoms with Gasteiger partial charge < -0.3 is 20.1 Å². The van der Waals surface area contributed by atoms with Crippen molar-refractivity contribution in [1.82, 2.24) is 5.32 Å². The molecule has 10 heteroatoms. The van der Waals surface area contributed by atoms with E-state index in [0.29, 0.717) is 23.6 Å². The third-order valence-corrected chi connectivity index (χ3v) is 6.07. The molecule has 0 aliphatic heterocycles. The number of sulfonamides is 1. The number of methoxy groups -OCH3 is 1. The first-order chi connectivity index (χ1) is 15.6. The lowest BCUT2D eigenvalue weighted by Crippen LogP contribution is -2.47. The molecule has 0 fully saturated rings. The second kappa shape index (κ2) is 11.6. The molecule has 0 spiro atoms. The molecule has 2 rings (SSSR count). The zero-order chi connectivity index (χ0) is 24.6. The first-order valence-electron chi connectivity index (χ1n) is 10.6. The summed E-state index contributed by atoms with van der Waals surface area (Å²) in [6.45, 7) is 7.57. The number of carbonyl (C=O) groups is 2. The van der Waals surface area contributed by atoms with Crippen molar-refractivity contribution in [3.8, 4) is 11.5 Å². The van der Waals surface area contributed by atoms with Crippen molar-refractivity contribution in [2.45, 2.75) is 33.7 Å². The Labute approximate surface area is 194 Å². The lowest BCUT2D eigenvalue weighted by atomic mass is 10.0. The molecule has 0 saturated carbocycles. The minimum Gasteiger partial charge on any atom is -0.494 e. The smallest absolute Gasteiger partial charge is 0.251 e. The standard InChI is InChI=1S/C23H31N3O6S/c1-6-32-18-11-8-16(9-12-18)22(27)25-21(15(3)4)23(28)24-17-10-13-19(20(14-17)31-5)26-33(29,30)7-2/h8-15,21,26H,6-7H2,1-5H3,(H,24,28)(H,25,27). The molecule has 9 nitrogen and oxygen atoms in total. The minimum absolute atomic E-state index is 0.0846. The summed E-state index contributed by atoms with van der Waals surface area (Å²) in [5.41, 5.74) is 1.07. The monoisotopic (exact) mass is 477 g/mol. The minimum atomic E-state index is -3.48. The summed E-state index contributed by atoms with van der Waals surface area (Å²) in [7, 11) is -2.08. The average molecular weight is 478 g/mol. The first kappa shape index (κ1) is 26.0. The van der Waals surface area contributed by atoms with Crippen molar-refractivity contribution in [2.24, 2.45) is 5.92 Å². The largest absolute Gasteiger partial charge is 0.494 e. The summed E-state index contributed by atoms with van der Waals surface area (Å²) in [5.74, 6) is -0.148. The Kier molecular flexibility index (Phi) is 9.10. The zero-order valence-corrected chi connectivity index (χ0v) is 20.3. The van der Waals surface area contributed by atoms with E-state index in [0.717, 1.165) is 0 Å². The number of hydrogen-bond acceptors (Lipinski definition) is 6. The van der Waals surface area contributed by atoms with E-state index in [1.165, 1.54) is 26.2 Å². The third-order valence-electron chi connectivity index (χ3n) is 4.78. The van der Waals surface area contributed by atoms with Crippen LogP contribution in [-0.4, -0.2) is 45.7 Å². The second-order valence-corrected chi connectivity index (χ2v) is 9.57. The number of hydrogen-bond donors (Lipinski definition) is 3. The highest BCUT2D eigenvalue weighted by Gasteiger charge is 2.25. The Morgan fingerprint density at radius 3 is 2.24 bits per heavy atom. The molecule has 0 heterocycles. The van der Waals surface area contributed by atoms with Gasteiger partial charge in [0, 0.05) is 17.3 Å². The molecule has 180 valence electrons. The summed E-state index contributed by atoms with van der Waals surface area (Å²) in [6.07, 6.45) is 0. The summed E-state index contributed by atoms with van der Waals surface area (Å²) in [4.78, 5) is 25.6. The van der Waals surface area contributed by atoms with Gasteiger partial charge in [0.05, 0.1) is 25.2 Å². The fourth-order valence-electron chi connectivity index (χ4n) is 2.94. The van der Waals surface area contributed by atoms with Crippen LogP contribution in [0.4, 0.5) is 11.4 Å². The molecule has 0 radical (unpaired) electrons. The van der Waals surface area contributed by atoms with Gasteiger partial charge in [-0.05, 0) is 56.2 Å². The highest BCUT2D eigenvalue weighted by Crippen LogP contribution is 2.29. The maximum atomic E-state index is 12.9. The van der Waals surface area contributed by atoms with Crippen LogP contribution in [-0.2, 0) is 14.8 Å². The highest BCUT2D eigenvalue weighted by atomic mass is 32.2. The molecule has 0 aliphatic rings. The lowest BCUT2D eigenvalue weighted by molar-refractivity contribution is -0.118. The highest BCUT2D eigenvalue weighted by molar-refractivity contribution is 7.92. The summed E-state index contributed by atoms with van der Waals surface area (Å²) in [5, 5.41) is 5.52. The van der Waals surface area contributed by atoms with Gasteiger partial charge in [-0.1, -0.05) is 13.8 Å². The maximum absolute atomic E-state index is 12.9. The van der Waals surface area contributed by atoms with Crippen LogP contribution in [0.5, 0.6) is 11.5 Å². The van der Waals surface area contributed by atoms with Gasteiger partial charge in [-0.2, -0.15) is 0 Å². The van der Waals surface area contributed by atoms with Crippen molar-refractivity contribution < 1.29 is 27.5 Å². The van der Waals surface area contributed by atoms with Gasteiger partial charge >= 0.3 is 0 Å². The van der Waals surface area contributed by atoms with Crippen LogP contribution < -0.4 is 24.8 Å². The van der Waals surface area contributed by atoms with E-state index in [1.54, 1.807) is 30.3 Å². The Bertz CT molecular complexity index is 1070. The fraction of sp³-hybridized carbons (Fsp3) is 0.391. The van der Waals surface area contributed by atoms with Crippen LogP contribution in [0.3, 0.4) is 0 Å². The Hall–Kier alpha value is -3.27.